The van der Waals surface area contributed by atoms with Crippen LogP contribution in [0, 0.1) is 0 Å². The number of fused-ring (bicyclic) bond motifs is 2. The van der Waals surface area contributed by atoms with Crippen molar-refractivity contribution in [2.75, 3.05) is 37.5 Å². The monoisotopic (exact) mass is 361 g/mol. The molecule has 0 atom stereocenters. The van der Waals surface area contributed by atoms with Crippen LogP contribution in [-0.2, 0) is 4.74 Å². The number of hydrazine groups is 1. The van der Waals surface area contributed by atoms with Gasteiger partial charge in [0, 0.05) is 18.5 Å². The van der Waals surface area contributed by atoms with E-state index in [-0.39, 0.29) is 6.01 Å². The molecule has 2 aromatic heterocycles. The number of rotatable bonds is 3. The summed E-state index contributed by atoms with van der Waals surface area (Å²) in [5.41, 5.74) is 14.6. The van der Waals surface area contributed by atoms with Gasteiger partial charge in [0.25, 0.3) is 6.01 Å². The van der Waals surface area contributed by atoms with Gasteiger partial charge >= 0.3 is 0 Å². The molecule has 0 saturated carbocycles. The molecule has 0 aliphatic carbocycles. The van der Waals surface area contributed by atoms with Crippen molar-refractivity contribution in [3.63, 3.8) is 0 Å². The van der Waals surface area contributed by atoms with Crippen LogP contribution in [0.2, 0.25) is 0 Å². The molecule has 27 heavy (non-hydrogen) atoms. The second-order valence-electron chi connectivity index (χ2n) is 6.58. The summed E-state index contributed by atoms with van der Waals surface area (Å²) in [6, 6.07) is 14.4. The molecule has 3 heterocycles. The average molecular weight is 361 g/mol. The van der Waals surface area contributed by atoms with Crippen molar-refractivity contribution in [2.24, 2.45) is 0 Å². The molecule has 1 aliphatic heterocycles. The largest absolute Gasteiger partial charge is 0.424 e. The van der Waals surface area contributed by atoms with Gasteiger partial charge in [-0.15, -0.1) is 0 Å². The second kappa shape index (κ2) is 6.53. The topological polar surface area (TPSA) is 89.4 Å². The first-order chi connectivity index (χ1) is 13.2. The van der Waals surface area contributed by atoms with Crippen molar-refractivity contribution in [1.82, 2.24) is 15.0 Å². The molecule has 0 amide bonds. The van der Waals surface area contributed by atoms with E-state index in [1.54, 1.807) is 0 Å². The number of hydrogen-bond donors (Lipinski definition) is 2. The van der Waals surface area contributed by atoms with Gasteiger partial charge in [-0.05, 0) is 41.5 Å². The van der Waals surface area contributed by atoms with Crippen LogP contribution in [0.15, 0.2) is 53.1 Å². The number of nitrogen functional groups attached to an aromatic ring is 1. The van der Waals surface area contributed by atoms with Crippen molar-refractivity contribution < 1.29 is 9.15 Å². The zero-order valence-corrected chi connectivity index (χ0v) is 14.7. The van der Waals surface area contributed by atoms with Gasteiger partial charge in [0.15, 0.2) is 5.58 Å². The Hall–Kier alpha value is -3.16. The van der Waals surface area contributed by atoms with Crippen LogP contribution in [0.4, 0.5) is 11.7 Å². The van der Waals surface area contributed by atoms with Gasteiger partial charge in [0.1, 0.15) is 5.52 Å². The minimum Gasteiger partial charge on any atom is -0.424 e. The Morgan fingerprint density at radius 1 is 0.963 bits per heavy atom. The molecule has 3 N–H and O–H groups in total. The molecule has 1 aliphatic rings. The highest BCUT2D eigenvalue weighted by molar-refractivity contribution is 5.88. The van der Waals surface area contributed by atoms with Gasteiger partial charge in [-0.2, -0.15) is 4.98 Å². The van der Waals surface area contributed by atoms with E-state index >= 15 is 0 Å². The van der Waals surface area contributed by atoms with Crippen LogP contribution in [0.3, 0.4) is 0 Å². The smallest absolute Gasteiger partial charge is 0.292 e. The minimum absolute atomic E-state index is 0.184. The highest BCUT2D eigenvalue weighted by Gasteiger charge is 2.11. The number of anilines is 2. The van der Waals surface area contributed by atoms with E-state index in [0.29, 0.717) is 5.58 Å². The summed E-state index contributed by atoms with van der Waals surface area (Å²) in [5, 5.41) is 3.23. The SMILES string of the molecule is Nc1nc2cc(-c3ccc4ncc(NN5CCOCC5)cc4c3)ccc2o1. The number of oxazole rings is 1. The van der Waals surface area contributed by atoms with Gasteiger partial charge in [0.05, 0.1) is 30.6 Å². The molecule has 136 valence electrons. The van der Waals surface area contributed by atoms with E-state index in [0.717, 1.165) is 59.5 Å². The maximum absolute atomic E-state index is 5.64. The van der Waals surface area contributed by atoms with Crippen LogP contribution < -0.4 is 11.2 Å². The standard InChI is InChI=1S/C20H19N5O2/c21-20-23-18-11-14(2-4-19(18)27-20)13-1-3-17-15(9-13)10-16(12-22-17)24-25-5-7-26-8-6-25/h1-4,9-12,24H,5-8H2,(H2,21,23). The predicted octanol–water partition coefficient (Wildman–Crippen LogP) is 3.28. The van der Waals surface area contributed by atoms with Crippen molar-refractivity contribution in [3.05, 3.63) is 48.7 Å². The summed E-state index contributed by atoms with van der Waals surface area (Å²) in [6.45, 7) is 3.21. The van der Waals surface area contributed by atoms with E-state index in [9.17, 15) is 0 Å². The quantitative estimate of drug-likeness (QED) is 0.579. The predicted molar refractivity (Wildman–Crippen MR) is 105 cm³/mol. The maximum atomic E-state index is 5.64. The molecule has 2 aromatic carbocycles. The lowest BCUT2D eigenvalue weighted by atomic mass is 10.0. The van der Waals surface area contributed by atoms with E-state index in [4.69, 9.17) is 14.9 Å². The molecule has 0 radical (unpaired) electrons. The van der Waals surface area contributed by atoms with Crippen molar-refractivity contribution in [1.29, 1.82) is 0 Å². The van der Waals surface area contributed by atoms with E-state index in [1.807, 2.05) is 30.5 Å². The number of nitrogens with one attached hydrogen (secondary N) is 1. The van der Waals surface area contributed by atoms with Crippen LogP contribution in [0.25, 0.3) is 33.1 Å². The molecule has 7 heteroatoms. The van der Waals surface area contributed by atoms with Gasteiger partial charge in [-0.3, -0.25) is 4.98 Å². The van der Waals surface area contributed by atoms with Crippen LogP contribution >= 0.6 is 0 Å². The molecule has 1 fully saturated rings. The Labute approximate surface area is 155 Å². The van der Waals surface area contributed by atoms with Crippen molar-refractivity contribution in [3.8, 4) is 11.1 Å². The summed E-state index contributed by atoms with van der Waals surface area (Å²) in [6.07, 6.45) is 1.86. The Morgan fingerprint density at radius 3 is 2.67 bits per heavy atom. The van der Waals surface area contributed by atoms with Gasteiger partial charge in [-0.25, -0.2) is 5.01 Å². The van der Waals surface area contributed by atoms with Gasteiger partial charge in [-0.1, -0.05) is 12.1 Å². The molecule has 4 aromatic rings. The van der Waals surface area contributed by atoms with Gasteiger partial charge in [0.2, 0.25) is 0 Å². The lowest BCUT2D eigenvalue weighted by Crippen LogP contribution is -2.40. The van der Waals surface area contributed by atoms with Crippen molar-refractivity contribution in [2.45, 2.75) is 0 Å². The fraction of sp³-hybridized carbons (Fsp3) is 0.200. The van der Waals surface area contributed by atoms with E-state index < -0.39 is 0 Å². The Balaban J connectivity index is 1.48. The van der Waals surface area contributed by atoms with Gasteiger partial charge < -0.3 is 20.3 Å². The fourth-order valence-electron chi connectivity index (χ4n) is 3.35. The van der Waals surface area contributed by atoms with Crippen molar-refractivity contribution >= 4 is 33.7 Å². The zero-order chi connectivity index (χ0) is 18.2. The summed E-state index contributed by atoms with van der Waals surface area (Å²) in [4.78, 5) is 8.78. The maximum Gasteiger partial charge on any atom is 0.292 e. The fourth-order valence-corrected chi connectivity index (χ4v) is 3.35. The molecular formula is C20H19N5O2. The number of nitrogens with two attached hydrogens (primary N) is 1. The summed E-state index contributed by atoms with van der Waals surface area (Å²) in [7, 11) is 0. The lowest BCUT2D eigenvalue weighted by Gasteiger charge is -2.27. The molecule has 5 rings (SSSR count). The lowest BCUT2D eigenvalue weighted by molar-refractivity contribution is 0.0497. The number of aromatic nitrogens is 2. The number of hydrogen-bond acceptors (Lipinski definition) is 7. The third kappa shape index (κ3) is 3.18. The molecule has 0 unspecified atom stereocenters. The average Bonchev–Trinajstić information content (AvgIpc) is 3.07. The summed E-state index contributed by atoms with van der Waals surface area (Å²) < 4.78 is 10.7. The zero-order valence-electron chi connectivity index (χ0n) is 14.7. The number of nitrogens with zero attached hydrogens (tertiary/aromatic N) is 3. The first-order valence-corrected chi connectivity index (χ1v) is 8.90. The molecule has 1 saturated heterocycles. The Morgan fingerprint density at radius 2 is 1.78 bits per heavy atom. The van der Waals surface area contributed by atoms with Crippen LogP contribution in [-0.4, -0.2) is 41.3 Å². The third-order valence-electron chi connectivity index (χ3n) is 4.72. The second-order valence-corrected chi connectivity index (χ2v) is 6.58. The molecule has 7 nitrogen and oxygen atoms in total. The minimum atomic E-state index is 0.184. The molecule has 0 bridgehead atoms. The Bertz CT molecular complexity index is 1120. The van der Waals surface area contributed by atoms with E-state index in [2.05, 4.69) is 38.6 Å². The Kier molecular flexibility index (Phi) is 3.88. The third-order valence-corrected chi connectivity index (χ3v) is 4.72. The first kappa shape index (κ1) is 16.0. The van der Waals surface area contributed by atoms with E-state index in [1.165, 1.54) is 0 Å². The molecule has 0 spiro atoms. The normalized spacial score (nSPS) is 15.4. The number of morpholine rings is 1. The summed E-state index contributed by atoms with van der Waals surface area (Å²) >= 11 is 0. The first-order valence-electron chi connectivity index (χ1n) is 8.90. The number of pyridine rings is 1. The highest BCUT2D eigenvalue weighted by atomic mass is 16.5. The van der Waals surface area contributed by atoms with Crippen LogP contribution in [0.1, 0.15) is 0 Å². The van der Waals surface area contributed by atoms with Crippen LogP contribution in [0.5, 0.6) is 0 Å². The number of ether oxygens (including phenoxy) is 1. The summed E-state index contributed by atoms with van der Waals surface area (Å²) in [5.74, 6) is 0. The molecular weight excluding hydrogens is 342 g/mol. The highest BCUT2D eigenvalue weighted by Crippen LogP contribution is 2.28. The number of benzene rings is 2.